The standard InChI is InChI=1S/C18H18FNO5S/c1-23-16-5-3-14(19)9-18(16)26(21,22)20-7-6-13(10-20)12-2-4-15-17(8-12)25-11-24-15/h2-5,8-9,13H,6-7,10-11H2,1H3/t13-/m1/s1. The topological polar surface area (TPSA) is 65.1 Å². The molecule has 0 unspecified atom stereocenters. The number of hydrogen-bond acceptors (Lipinski definition) is 5. The number of nitrogens with zero attached hydrogens (tertiary/aromatic N) is 1. The van der Waals surface area contributed by atoms with Gasteiger partial charge in [0.05, 0.1) is 7.11 Å². The van der Waals surface area contributed by atoms with Gasteiger partial charge in [0, 0.05) is 13.1 Å². The number of benzene rings is 2. The minimum absolute atomic E-state index is 0.0406. The quantitative estimate of drug-likeness (QED) is 0.817. The number of ether oxygens (including phenoxy) is 3. The van der Waals surface area contributed by atoms with Crippen molar-refractivity contribution in [3.8, 4) is 17.2 Å². The Balaban J connectivity index is 1.59. The molecule has 2 aliphatic heterocycles. The van der Waals surface area contributed by atoms with Crippen molar-refractivity contribution in [1.82, 2.24) is 4.31 Å². The molecule has 0 N–H and O–H groups in total. The third-order valence-electron chi connectivity index (χ3n) is 4.76. The first-order valence-electron chi connectivity index (χ1n) is 8.22. The number of methoxy groups -OCH3 is 1. The Morgan fingerprint density at radius 1 is 1.15 bits per heavy atom. The first-order chi connectivity index (χ1) is 12.5. The average molecular weight is 379 g/mol. The largest absolute Gasteiger partial charge is 0.495 e. The second-order valence-corrected chi connectivity index (χ2v) is 8.16. The number of halogens is 1. The van der Waals surface area contributed by atoms with Crippen molar-refractivity contribution < 1.29 is 27.0 Å². The summed E-state index contributed by atoms with van der Waals surface area (Å²) in [6.07, 6.45) is 0.677. The predicted molar refractivity (Wildman–Crippen MR) is 91.6 cm³/mol. The highest BCUT2D eigenvalue weighted by molar-refractivity contribution is 7.89. The number of fused-ring (bicyclic) bond motifs is 1. The highest BCUT2D eigenvalue weighted by Crippen LogP contribution is 2.39. The molecule has 1 saturated heterocycles. The van der Waals surface area contributed by atoms with E-state index in [9.17, 15) is 12.8 Å². The van der Waals surface area contributed by atoms with Crippen LogP contribution in [0.4, 0.5) is 4.39 Å². The van der Waals surface area contributed by atoms with Gasteiger partial charge in [-0.25, -0.2) is 12.8 Å². The van der Waals surface area contributed by atoms with Crippen molar-refractivity contribution in [3.63, 3.8) is 0 Å². The summed E-state index contributed by atoms with van der Waals surface area (Å²) in [5.41, 5.74) is 0.998. The molecular weight excluding hydrogens is 361 g/mol. The molecule has 2 aliphatic rings. The first kappa shape index (κ1) is 17.1. The fourth-order valence-electron chi connectivity index (χ4n) is 3.38. The molecule has 0 saturated carbocycles. The number of hydrogen-bond donors (Lipinski definition) is 0. The Morgan fingerprint density at radius 3 is 2.77 bits per heavy atom. The maximum absolute atomic E-state index is 13.6. The summed E-state index contributed by atoms with van der Waals surface area (Å²) in [5, 5.41) is 0. The van der Waals surface area contributed by atoms with Crippen LogP contribution in [0.5, 0.6) is 17.2 Å². The van der Waals surface area contributed by atoms with Gasteiger partial charge in [-0.1, -0.05) is 6.07 Å². The van der Waals surface area contributed by atoms with Gasteiger partial charge in [0.2, 0.25) is 16.8 Å². The Morgan fingerprint density at radius 2 is 1.96 bits per heavy atom. The van der Waals surface area contributed by atoms with E-state index in [2.05, 4.69) is 0 Å². The Hall–Kier alpha value is -2.32. The number of sulfonamides is 1. The van der Waals surface area contributed by atoms with Crippen LogP contribution in [0.3, 0.4) is 0 Å². The Kier molecular flexibility index (Phi) is 4.24. The molecule has 1 atom stereocenters. The van der Waals surface area contributed by atoms with Crippen molar-refractivity contribution in [2.24, 2.45) is 0 Å². The molecule has 0 aromatic heterocycles. The van der Waals surface area contributed by atoms with E-state index in [0.29, 0.717) is 31.0 Å². The summed E-state index contributed by atoms with van der Waals surface area (Å²) in [5.74, 6) is 0.934. The smallest absolute Gasteiger partial charge is 0.246 e. The predicted octanol–water partition coefficient (Wildman–Crippen LogP) is 2.74. The first-order valence-corrected chi connectivity index (χ1v) is 9.66. The van der Waals surface area contributed by atoms with E-state index in [1.807, 2.05) is 18.2 Å². The summed E-state index contributed by atoms with van der Waals surface area (Å²) >= 11 is 0. The molecule has 4 rings (SSSR count). The van der Waals surface area contributed by atoms with Gasteiger partial charge in [0.15, 0.2) is 11.5 Å². The highest BCUT2D eigenvalue weighted by atomic mass is 32.2. The molecule has 0 bridgehead atoms. The minimum atomic E-state index is -3.84. The van der Waals surface area contributed by atoms with E-state index >= 15 is 0 Å². The third kappa shape index (κ3) is 2.89. The summed E-state index contributed by atoms with van der Waals surface area (Å²) in [7, 11) is -2.48. The second-order valence-electron chi connectivity index (χ2n) is 6.26. The zero-order valence-corrected chi connectivity index (χ0v) is 15.0. The van der Waals surface area contributed by atoms with Gasteiger partial charge in [-0.2, -0.15) is 4.31 Å². The van der Waals surface area contributed by atoms with Crippen molar-refractivity contribution in [1.29, 1.82) is 0 Å². The fourth-order valence-corrected chi connectivity index (χ4v) is 5.04. The minimum Gasteiger partial charge on any atom is -0.495 e. The van der Waals surface area contributed by atoms with Crippen LogP contribution in [0.1, 0.15) is 17.9 Å². The van der Waals surface area contributed by atoms with E-state index in [4.69, 9.17) is 14.2 Å². The van der Waals surface area contributed by atoms with Gasteiger partial charge in [-0.15, -0.1) is 0 Å². The molecule has 2 heterocycles. The van der Waals surface area contributed by atoms with Gasteiger partial charge in [-0.3, -0.25) is 0 Å². The zero-order valence-electron chi connectivity index (χ0n) is 14.1. The summed E-state index contributed by atoms with van der Waals surface area (Å²) in [6, 6.07) is 9.17. The summed E-state index contributed by atoms with van der Waals surface area (Å²) in [4.78, 5) is -0.147. The van der Waals surface area contributed by atoms with Crippen LogP contribution >= 0.6 is 0 Å². The Bertz CT molecular complexity index is 947. The molecule has 1 fully saturated rings. The zero-order chi connectivity index (χ0) is 18.3. The average Bonchev–Trinajstić information content (AvgIpc) is 3.30. The highest BCUT2D eigenvalue weighted by Gasteiger charge is 2.35. The van der Waals surface area contributed by atoms with Crippen LogP contribution in [-0.2, 0) is 10.0 Å². The normalized spacial score (nSPS) is 19.7. The molecule has 0 radical (unpaired) electrons. The SMILES string of the molecule is COc1ccc(F)cc1S(=O)(=O)N1CC[C@@H](c2ccc3c(c2)OCO3)C1. The molecule has 2 aromatic carbocycles. The molecule has 6 nitrogen and oxygen atoms in total. The van der Waals surface area contributed by atoms with Crippen LogP contribution in [0.25, 0.3) is 0 Å². The molecule has 26 heavy (non-hydrogen) atoms. The van der Waals surface area contributed by atoms with Gasteiger partial charge in [0.1, 0.15) is 16.5 Å². The van der Waals surface area contributed by atoms with Crippen molar-refractivity contribution >= 4 is 10.0 Å². The summed E-state index contributed by atoms with van der Waals surface area (Å²) < 4.78 is 56.7. The van der Waals surface area contributed by atoms with Gasteiger partial charge < -0.3 is 14.2 Å². The molecule has 8 heteroatoms. The maximum atomic E-state index is 13.6. The van der Waals surface area contributed by atoms with Crippen molar-refractivity contribution in [3.05, 3.63) is 47.8 Å². The monoisotopic (exact) mass is 379 g/mol. The lowest BCUT2D eigenvalue weighted by molar-refractivity contribution is 0.174. The fraction of sp³-hybridized carbons (Fsp3) is 0.333. The number of rotatable bonds is 4. The van der Waals surface area contributed by atoms with Crippen molar-refractivity contribution in [2.75, 3.05) is 27.0 Å². The van der Waals surface area contributed by atoms with Gasteiger partial charge in [0.25, 0.3) is 0 Å². The van der Waals surface area contributed by atoms with Crippen LogP contribution in [-0.4, -0.2) is 39.7 Å². The molecule has 0 amide bonds. The molecular formula is C18H18FNO5S. The lowest BCUT2D eigenvalue weighted by Crippen LogP contribution is -2.29. The van der Waals surface area contributed by atoms with E-state index in [1.165, 1.54) is 23.5 Å². The van der Waals surface area contributed by atoms with Crippen LogP contribution < -0.4 is 14.2 Å². The Labute approximate surface area is 151 Å². The van der Waals surface area contributed by atoms with Crippen molar-refractivity contribution in [2.45, 2.75) is 17.2 Å². The third-order valence-corrected chi connectivity index (χ3v) is 6.65. The van der Waals surface area contributed by atoms with E-state index in [-0.39, 0.29) is 23.4 Å². The maximum Gasteiger partial charge on any atom is 0.246 e. The van der Waals surface area contributed by atoms with E-state index in [1.54, 1.807) is 0 Å². The molecule has 138 valence electrons. The lowest BCUT2D eigenvalue weighted by atomic mass is 9.98. The van der Waals surface area contributed by atoms with E-state index in [0.717, 1.165) is 11.6 Å². The molecule has 0 spiro atoms. The van der Waals surface area contributed by atoms with Gasteiger partial charge >= 0.3 is 0 Å². The van der Waals surface area contributed by atoms with Crippen LogP contribution in [0.2, 0.25) is 0 Å². The molecule has 0 aliphatic carbocycles. The lowest BCUT2D eigenvalue weighted by Gasteiger charge is -2.18. The summed E-state index contributed by atoms with van der Waals surface area (Å²) in [6.45, 7) is 0.881. The van der Waals surface area contributed by atoms with Crippen LogP contribution in [0, 0.1) is 5.82 Å². The second kappa shape index (κ2) is 6.44. The van der Waals surface area contributed by atoms with E-state index < -0.39 is 15.8 Å². The molecule has 2 aromatic rings. The van der Waals surface area contributed by atoms with Gasteiger partial charge in [-0.05, 0) is 48.2 Å². The van der Waals surface area contributed by atoms with Crippen LogP contribution in [0.15, 0.2) is 41.3 Å².